The standard InChI is InChI=1S/C13H26/c1-6-13(10(2)3)8-7-11(4)12(5)9-13/h10-12H,6-9H2,1-5H3. The fraction of sp³-hybridized carbons (Fsp3) is 1.00. The van der Waals surface area contributed by atoms with Gasteiger partial charge in [0.15, 0.2) is 0 Å². The van der Waals surface area contributed by atoms with E-state index in [2.05, 4.69) is 34.6 Å². The number of hydrogen-bond donors (Lipinski definition) is 0. The highest BCUT2D eigenvalue weighted by Gasteiger charge is 2.38. The first-order valence-electron chi connectivity index (χ1n) is 6.02. The molecule has 0 aromatic carbocycles. The summed E-state index contributed by atoms with van der Waals surface area (Å²) in [6.07, 6.45) is 5.75. The van der Waals surface area contributed by atoms with Crippen LogP contribution in [-0.2, 0) is 0 Å². The van der Waals surface area contributed by atoms with Crippen LogP contribution >= 0.6 is 0 Å². The van der Waals surface area contributed by atoms with Crippen molar-refractivity contribution < 1.29 is 0 Å². The Bertz CT molecular complexity index is 159. The Morgan fingerprint density at radius 3 is 2.23 bits per heavy atom. The zero-order valence-electron chi connectivity index (χ0n) is 10.1. The summed E-state index contributed by atoms with van der Waals surface area (Å²) in [5.74, 6) is 2.77. The van der Waals surface area contributed by atoms with Gasteiger partial charge in [0.1, 0.15) is 0 Å². The molecule has 1 rings (SSSR count). The van der Waals surface area contributed by atoms with Gasteiger partial charge in [-0.05, 0) is 42.4 Å². The van der Waals surface area contributed by atoms with Crippen LogP contribution in [0.15, 0.2) is 0 Å². The van der Waals surface area contributed by atoms with E-state index in [-0.39, 0.29) is 0 Å². The highest BCUT2D eigenvalue weighted by atomic mass is 14.4. The summed E-state index contributed by atoms with van der Waals surface area (Å²) in [5.41, 5.74) is 0.673. The van der Waals surface area contributed by atoms with Gasteiger partial charge in [0, 0.05) is 0 Å². The summed E-state index contributed by atoms with van der Waals surface area (Å²) in [6, 6.07) is 0. The summed E-state index contributed by atoms with van der Waals surface area (Å²) in [5, 5.41) is 0. The zero-order valence-corrected chi connectivity index (χ0v) is 10.1. The van der Waals surface area contributed by atoms with Crippen LogP contribution in [0.3, 0.4) is 0 Å². The van der Waals surface area contributed by atoms with Gasteiger partial charge in [0.2, 0.25) is 0 Å². The summed E-state index contributed by atoms with van der Waals surface area (Å²) in [7, 11) is 0. The maximum atomic E-state index is 2.44. The Labute approximate surface area is 84.1 Å². The van der Waals surface area contributed by atoms with Gasteiger partial charge in [0.05, 0.1) is 0 Å². The van der Waals surface area contributed by atoms with Crippen LogP contribution in [0.5, 0.6) is 0 Å². The first-order chi connectivity index (χ1) is 6.02. The molecule has 0 heterocycles. The molecule has 0 spiro atoms. The van der Waals surface area contributed by atoms with Gasteiger partial charge in [-0.25, -0.2) is 0 Å². The van der Waals surface area contributed by atoms with E-state index in [9.17, 15) is 0 Å². The second-order valence-corrected chi connectivity index (χ2v) is 5.57. The SMILES string of the molecule is CCC1(C(C)C)CCC(C)C(C)C1. The molecule has 1 aliphatic carbocycles. The van der Waals surface area contributed by atoms with Crippen molar-refractivity contribution in [3.8, 4) is 0 Å². The molecule has 3 unspecified atom stereocenters. The van der Waals surface area contributed by atoms with Crippen molar-refractivity contribution in [3.63, 3.8) is 0 Å². The molecule has 78 valence electrons. The molecule has 0 N–H and O–H groups in total. The highest BCUT2D eigenvalue weighted by Crippen LogP contribution is 2.48. The fourth-order valence-electron chi connectivity index (χ4n) is 3.00. The minimum Gasteiger partial charge on any atom is -0.0648 e. The Kier molecular flexibility index (Phi) is 3.43. The summed E-state index contributed by atoms with van der Waals surface area (Å²) < 4.78 is 0. The maximum Gasteiger partial charge on any atom is -0.0274 e. The number of hydrogen-bond acceptors (Lipinski definition) is 0. The molecule has 0 amide bonds. The van der Waals surface area contributed by atoms with Gasteiger partial charge >= 0.3 is 0 Å². The Hall–Kier alpha value is 0. The van der Waals surface area contributed by atoms with Crippen LogP contribution in [0, 0.1) is 23.2 Å². The van der Waals surface area contributed by atoms with Crippen molar-refractivity contribution in [3.05, 3.63) is 0 Å². The summed E-state index contributed by atoms with van der Waals surface area (Å²) in [4.78, 5) is 0. The lowest BCUT2D eigenvalue weighted by molar-refractivity contribution is 0.0528. The molecule has 1 fully saturated rings. The van der Waals surface area contributed by atoms with Gasteiger partial charge in [0.25, 0.3) is 0 Å². The second-order valence-electron chi connectivity index (χ2n) is 5.57. The quantitative estimate of drug-likeness (QED) is 0.590. The molecular weight excluding hydrogens is 156 g/mol. The molecule has 3 atom stereocenters. The molecule has 0 aliphatic heterocycles. The third-order valence-electron chi connectivity index (χ3n) is 4.73. The van der Waals surface area contributed by atoms with Gasteiger partial charge in [-0.2, -0.15) is 0 Å². The lowest BCUT2D eigenvalue weighted by Crippen LogP contribution is -2.35. The largest absolute Gasteiger partial charge is 0.0648 e. The van der Waals surface area contributed by atoms with E-state index in [1.54, 1.807) is 0 Å². The molecule has 0 bridgehead atoms. The Morgan fingerprint density at radius 1 is 1.23 bits per heavy atom. The third-order valence-corrected chi connectivity index (χ3v) is 4.73. The topological polar surface area (TPSA) is 0 Å². The Balaban J connectivity index is 2.69. The molecule has 0 heteroatoms. The average molecular weight is 182 g/mol. The normalized spacial score (nSPS) is 41.1. The van der Waals surface area contributed by atoms with Crippen LogP contribution in [0.2, 0.25) is 0 Å². The van der Waals surface area contributed by atoms with E-state index >= 15 is 0 Å². The zero-order chi connectivity index (χ0) is 10.1. The van der Waals surface area contributed by atoms with E-state index in [4.69, 9.17) is 0 Å². The van der Waals surface area contributed by atoms with E-state index in [1.165, 1.54) is 25.7 Å². The predicted molar refractivity (Wildman–Crippen MR) is 59.7 cm³/mol. The van der Waals surface area contributed by atoms with Crippen LogP contribution in [0.4, 0.5) is 0 Å². The van der Waals surface area contributed by atoms with Gasteiger partial charge in [-0.1, -0.05) is 41.0 Å². The molecule has 0 radical (unpaired) electrons. The summed E-state index contributed by atoms with van der Waals surface area (Å²) >= 11 is 0. The van der Waals surface area contributed by atoms with Crippen molar-refractivity contribution in [2.24, 2.45) is 23.2 Å². The average Bonchev–Trinajstić information content (AvgIpc) is 2.09. The van der Waals surface area contributed by atoms with Gasteiger partial charge in [-0.15, -0.1) is 0 Å². The minimum atomic E-state index is 0.673. The molecule has 1 aliphatic rings. The summed E-state index contributed by atoms with van der Waals surface area (Å²) in [6.45, 7) is 12.1. The monoisotopic (exact) mass is 182 g/mol. The van der Waals surface area contributed by atoms with Crippen LogP contribution < -0.4 is 0 Å². The first-order valence-corrected chi connectivity index (χ1v) is 6.02. The lowest BCUT2D eigenvalue weighted by Gasteiger charge is -2.45. The van der Waals surface area contributed by atoms with Gasteiger partial charge in [-0.3, -0.25) is 0 Å². The first kappa shape index (κ1) is 11.1. The van der Waals surface area contributed by atoms with Crippen molar-refractivity contribution in [1.29, 1.82) is 0 Å². The molecule has 0 aromatic rings. The molecule has 0 saturated heterocycles. The molecular formula is C13H26. The number of rotatable bonds is 2. The van der Waals surface area contributed by atoms with Crippen molar-refractivity contribution >= 4 is 0 Å². The van der Waals surface area contributed by atoms with Crippen molar-refractivity contribution in [2.75, 3.05) is 0 Å². The molecule has 0 nitrogen and oxygen atoms in total. The molecule has 13 heavy (non-hydrogen) atoms. The van der Waals surface area contributed by atoms with E-state index < -0.39 is 0 Å². The van der Waals surface area contributed by atoms with E-state index in [0.29, 0.717) is 5.41 Å². The molecule has 0 aromatic heterocycles. The van der Waals surface area contributed by atoms with Crippen LogP contribution in [0.25, 0.3) is 0 Å². The second kappa shape index (κ2) is 4.02. The maximum absolute atomic E-state index is 2.44. The van der Waals surface area contributed by atoms with Crippen LogP contribution in [-0.4, -0.2) is 0 Å². The lowest BCUT2D eigenvalue weighted by atomic mass is 9.60. The van der Waals surface area contributed by atoms with Crippen molar-refractivity contribution in [1.82, 2.24) is 0 Å². The predicted octanol–water partition coefficient (Wildman–Crippen LogP) is 4.49. The van der Waals surface area contributed by atoms with Crippen LogP contribution in [0.1, 0.15) is 60.3 Å². The smallest absolute Gasteiger partial charge is 0.0274 e. The minimum absolute atomic E-state index is 0.673. The third kappa shape index (κ3) is 2.08. The Morgan fingerprint density at radius 2 is 1.85 bits per heavy atom. The van der Waals surface area contributed by atoms with Crippen molar-refractivity contribution in [2.45, 2.75) is 60.3 Å². The highest BCUT2D eigenvalue weighted by molar-refractivity contribution is 4.88. The van der Waals surface area contributed by atoms with Gasteiger partial charge < -0.3 is 0 Å². The van der Waals surface area contributed by atoms with E-state index in [0.717, 1.165) is 17.8 Å². The van der Waals surface area contributed by atoms with E-state index in [1.807, 2.05) is 0 Å². The molecule has 1 saturated carbocycles. The fourth-order valence-corrected chi connectivity index (χ4v) is 3.00.